The maximum Gasteiger partial charge on any atom is 0.0456 e. The molecule has 2 rings (SSSR count). The fourth-order valence-electron chi connectivity index (χ4n) is 1.09. The topological polar surface area (TPSA) is 15.8 Å². The van der Waals surface area contributed by atoms with Crippen molar-refractivity contribution in [3.8, 4) is 0 Å². The molecule has 0 saturated carbocycles. The van der Waals surface area contributed by atoms with E-state index in [4.69, 9.17) is 0 Å². The molecule has 1 aliphatic carbocycles. The van der Waals surface area contributed by atoms with Gasteiger partial charge in [0.15, 0.2) is 0 Å². The zero-order valence-electron chi connectivity index (χ0n) is 5.59. The Kier molecular flexibility index (Phi) is 1.21. The molecule has 0 unspecified atom stereocenters. The molecule has 10 heavy (non-hydrogen) atoms. The zero-order chi connectivity index (χ0) is 6.81. The van der Waals surface area contributed by atoms with E-state index in [1.54, 1.807) is 0 Å². The van der Waals surface area contributed by atoms with Gasteiger partial charge in [-0.05, 0) is 24.6 Å². The monoisotopic (exact) mass is 130 g/mol. The van der Waals surface area contributed by atoms with Crippen molar-refractivity contribution in [2.24, 2.45) is 0 Å². The second-order valence-corrected chi connectivity index (χ2v) is 2.28. The van der Waals surface area contributed by atoms with Gasteiger partial charge >= 0.3 is 0 Å². The average Bonchev–Trinajstić information content (AvgIpc) is 2.59. The molecule has 0 saturated heterocycles. The van der Waals surface area contributed by atoms with Gasteiger partial charge in [-0.25, -0.2) is 0 Å². The third kappa shape index (κ3) is 0.798. The van der Waals surface area contributed by atoms with Crippen LogP contribution >= 0.6 is 0 Å². The fourth-order valence-corrected chi connectivity index (χ4v) is 1.09. The second-order valence-electron chi connectivity index (χ2n) is 2.28. The molecule has 0 aromatic carbocycles. The van der Waals surface area contributed by atoms with Crippen molar-refractivity contribution >= 4 is 5.57 Å². The van der Waals surface area contributed by atoms with Crippen LogP contribution in [0.4, 0.5) is 0 Å². The van der Waals surface area contributed by atoms with Gasteiger partial charge in [0.25, 0.3) is 0 Å². The molecule has 0 bridgehead atoms. The molecule has 0 atom stereocenters. The first-order valence-electron chi connectivity index (χ1n) is 3.38. The summed E-state index contributed by atoms with van der Waals surface area (Å²) in [4.78, 5) is 3.13. The summed E-state index contributed by atoms with van der Waals surface area (Å²) in [6, 6.07) is 4.05. The molecule has 1 N–H and O–H groups in total. The number of hydrogen-bond donors (Lipinski definition) is 1. The van der Waals surface area contributed by atoms with E-state index in [1.807, 2.05) is 12.3 Å². The van der Waals surface area contributed by atoms with E-state index < -0.39 is 0 Å². The van der Waals surface area contributed by atoms with Crippen molar-refractivity contribution in [1.82, 2.24) is 4.98 Å². The standard InChI is InChI=1S/C9H8N/c1-2-5-8(4-1)9-6-3-7-10-9/h1,3-4,6-7,10H,2H2. The third-order valence-corrected chi connectivity index (χ3v) is 1.58. The van der Waals surface area contributed by atoms with Gasteiger partial charge in [-0.1, -0.05) is 12.2 Å². The highest BCUT2D eigenvalue weighted by Gasteiger charge is 2.00. The van der Waals surface area contributed by atoms with Crippen LogP contribution in [0.2, 0.25) is 0 Å². The van der Waals surface area contributed by atoms with E-state index in [9.17, 15) is 0 Å². The molecule has 1 heteroatoms. The minimum absolute atomic E-state index is 0.953. The molecule has 1 aromatic heterocycles. The smallest absolute Gasteiger partial charge is 0.0456 e. The van der Waals surface area contributed by atoms with Gasteiger partial charge in [-0.15, -0.1) is 0 Å². The van der Waals surface area contributed by atoms with E-state index in [1.165, 1.54) is 5.57 Å². The molecule has 0 spiro atoms. The van der Waals surface area contributed by atoms with E-state index in [0.29, 0.717) is 0 Å². The first-order chi connectivity index (χ1) is 4.97. The van der Waals surface area contributed by atoms with Crippen molar-refractivity contribution in [3.63, 3.8) is 0 Å². The van der Waals surface area contributed by atoms with Crippen LogP contribution in [0.3, 0.4) is 0 Å². The third-order valence-electron chi connectivity index (χ3n) is 1.58. The van der Waals surface area contributed by atoms with Crippen molar-refractivity contribution in [3.05, 3.63) is 42.3 Å². The first kappa shape index (κ1) is 5.54. The number of H-pyrrole nitrogens is 1. The average molecular weight is 130 g/mol. The van der Waals surface area contributed by atoms with Crippen molar-refractivity contribution in [2.75, 3.05) is 0 Å². The minimum Gasteiger partial charge on any atom is -0.361 e. The Morgan fingerprint density at radius 1 is 1.50 bits per heavy atom. The lowest BCUT2D eigenvalue weighted by atomic mass is 10.2. The maximum absolute atomic E-state index is 3.23. The van der Waals surface area contributed by atoms with Crippen LogP contribution in [-0.4, -0.2) is 4.98 Å². The van der Waals surface area contributed by atoms with Crippen LogP contribution in [0.25, 0.3) is 5.57 Å². The summed E-state index contributed by atoms with van der Waals surface area (Å²) in [5.41, 5.74) is 2.35. The van der Waals surface area contributed by atoms with Gasteiger partial charge in [0.1, 0.15) is 0 Å². The molecular formula is C9H8N. The Hall–Kier alpha value is -1.24. The molecular weight excluding hydrogens is 122 g/mol. The molecule has 0 fully saturated rings. The van der Waals surface area contributed by atoms with Gasteiger partial charge in [0.2, 0.25) is 0 Å². The van der Waals surface area contributed by atoms with Crippen LogP contribution in [0.15, 0.2) is 30.5 Å². The Labute approximate surface area is 60.1 Å². The zero-order valence-corrected chi connectivity index (χ0v) is 5.59. The summed E-state index contributed by atoms with van der Waals surface area (Å²) in [5.74, 6) is 0. The van der Waals surface area contributed by atoms with Gasteiger partial charge in [-0.2, -0.15) is 0 Å². The quantitative estimate of drug-likeness (QED) is 0.599. The normalized spacial score (nSPS) is 15.8. The summed E-state index contributed by atoms with van der Waals surface area (Å²) < 4.78 is 0. The van der Waals surface area contributed by atoms with Crippen LogP contribution < -0.4 is 0 Å². The maximum atomic E-state index is 3.23. The molecule has 1 aromatic rings. The molecule has 1 aliphatic rings. The Bertz CT molecular complexity index is 265. The summed E-state index contributed by atoms with van der Waals surface area (Å²) in [7, 11) is 0. The molecule has 1 nitrogen and oxygen atoms in total. The van der Waals surface area contributed by atoms with Crippen molar-refractivity contribution in [2.45, 2.75) is 6.42 Å². The fraction of sp³-hybridized carbons (Fsp3) is 0.111. The lowest BCUT2D eigenvalue weighted by Crippen LogP contribution is -1.75. The van der Waals surface area contributed by atoms with E-state index in [2.05, 4.69) is 29.3 Å². The number of aromatic nitrogens is 1. The molecule has 0 aliphatic heterocycles. The molecule has 1 heterocycles. The lowest BCUT2D eigenvalue weighted by molar-refractivity contribution is 1.34. The summed E-state index contributed by atoms with van der Waals surface area (Å²) in [6.07, 6.45) is 10.3. The van der Waals surface area contributed by atoms with Gasteiger partial charge in [-0.3, -0.25) is 0 Å². The SMILES string of the molecule is [C]1=C(c2ccc[nH]2)C=CC1. The minimum atomic E-state index is 0.953. The van der Waals surface area contributed by atoms with Gasteiger partial charge < -0.3 is 4.98 Å². The van der Waals surface area contributed by atoms with Crippen molar-refractivity contribution < 1.29 is 0 Å². The van der Waals surface area contributed by atoms with Crippen LogP contribution in [0, 0.1) is 6.08 Å². The second kappa shape index (κ2) is 2.18. The van der Waals surface area contributed by atoms with E-state index in [-0.39, 0.29) is 0 Å². The molecule has 49 valence electrons. The van der Waals surface area contributed by atoms with Crippen LogP contribution in [-0.2, 0) is 0 Å². The highest BCUT2D eigenvalue weighted by Crippen LogP contribution is 2.18. The summed E-state index contributed by atoms with van der Waals surface area (Å²) >= 11 is 0. The first-order valence-corrected chi connectivity index (χ1v) is 3.38. The Balaban J connectivity index is 2.36. The molecule has 1 radical (unpaired) electrons. The number of nitrogens with one attached hydrogen (secondary N) is 1. The van der Waals surface area contributed by atoms with E-state index >= 15 is 0 Å². The highest BCUT2D eigenvalue weighted by molar-refractivity contribution is 5.71. The number of allylic oxidation sites excluding steroid dienone is 4. The van der Waals surface area contributed by atoms with Crippen LogP contribution in [0.5, 0.6) is 0 Å². The molecule has 0 amide bonds. The van der Waals surface area contributed by atoms with Crippen molar-refractivity contribution in [1.29, 1.82) is 0 Å². The van der Waals surface area contributed by atoms with Crippen LogP contribution in [0.1, 0.15) is 12.1 Å². The van der Waals surface area contributed by atoms with Gasteiger partial charge in [0.05, 0.1) is 0 Å². The highest BCUT2D eigenvalue weighted by atomic mass is 14.7. The predicted octanol–water partition coefficient (Wildman–Crippen LogP) is 2.16. The largest absolute Gasteiger partial charge is 0.361 e. The number of aromatic amines is 1. The Morgan fingerprint density at radius 2 is 2.50 bits per heavy atom. The Morgan fingerprint density at radius 3 is 3.10 bits per heavy atom. The predicted molar refractivity (Wildman–Crippen MR) is 41.2 cm³/mol. The lowest BCUT2D eigenvalue weighted by Gasteiger charge is -1.90. The summed E-state index contributed by atoms with van der Waals surface area (Å²) in [6.45, 7) is 0. The number of hydrogen-bond acceptors (Lipinski definition) is 0. The van der Waals surface area contributed by atoms with E-state index in [0.717, 1.165) is 12.1 Å². The number of rotatable bonds is 1. The van der Waals surface area contributed by atoms with Gasteiger partial charge in [0, 0.05) is 17.5 Å². The summed E-state index contributed by atoms with van der Waals surface area (Å²) in [5, 5.41) is 0.